The Morgan fingerprint density at radius 1 is 1.23 bits per heavy atom. The molecule has 2 amide bonds. The summed E-state index contributed by atoms with van der Waals surface area (Å²) in [5.41, 5.74) is -0.489. The number of nitrogens with zero attached hydrogens (tertiary/aromatic N) is 1. The van der Waals surface area contributed by atoms with Crippen LogP contribution in [0.15, 0.2) is 0 Å². The molecule has 0 aromatic heterocycles. The normalized spacial score (nSPS) is 27.6. The zero-order valence-electron chi connectivity index (χ0n) is 13.6. The Hall–Kier alpha value is -1.59. The van der Waals surface area contributed by atoms with Crippen LogP contribution >= 0.6 is 0 Å². The predicted molar refractivity (Wildman–Crippen MR) is 81.0 cm³/mol. The zero-order chi connectivity index (χ0) is 16.5. The molecular formula is C16H26N2O4. The van der Waals surface area contributed by atoms with Crippen molar-refractivity contribution in [3.05, 3.63) is 0 Å². The van der Waals surface area contributed by atoms with Crippen molar-refractivity contribution in [1.29, 1.82) is 0 Å². The van der Waals surface area contributed by atoms with E-state index in [0.717, 1.165) is 19.3 Å². The number of rotatable bonds is 4. The first-order chi connectivity index (χ1) is 10.2. The molecule has 1 heterocycles. The molecule has 0 radical (unpaired) electrons. The van der Waals surface area contributed by atoms with Gasteiger partial charge in [0.1, 0.15) is 6.04 Å². The van der Waals surface area contributed by atoms with Crippen LogP contribution in [-0.4, -0.2) is 46.9 Å². The monoisotopic (exact) mass is 310 g/mol. The second-order valence-corrected chi connectivity index (χ2v) is 7.44. The summed E-state index contributed by atoms with van der Waals surface area (Å²) in [4.78, 5) is 37.1. The van der Waals surface area contributed by atoms with Gasteiger partial charge in [-0.1, -0.05) is 27.2 Å². The molecule has 2 aliphatic rings. The van der Waals surface area contributed by atoms with Crippen molar-refractivity contribution in [3.63, 3.8) is 0 Å². The number of hydrogen-bond acceptors (Lipinski definition) is 3. The lowest BCUT2D eigenvalue weighted by Gasteiger charge is -2.25. The SMILES string of the molecule is CC(C)(C)C(=O)NCCC(=O)N1CC2CCCC2C1C(=O)O. The van der Waals surface area contributed by atoms with E-state index in [-0.39, 0.29) is 30.7 Å². The fourth-order valence-electron chi connectivity index (χ4n) is 3.57. The number of nitrogens with one attached hydrogen (secondary N) is 1. The van der Waals surface area contributed by atoms with Gasteiger partial charge in [0.25, 0.3) is 0 Å². The minimum Gasteiger partial charge on any atom is -0.480 e. The van der Waals surface area contributed by atoms with Crippen LogP contribution in [0.1, 0.15) is 46.5 Å². The molecule has 0 bridgehead atoms. The van der Waals surface area contributed by atoms with E-state index in [2.05, 4.69) is 5.32 Å². The van der Waals surface area contributed by atoms with E-state index in [4.69, 9.17) is 0 Å². The smallest absolute Gasteiger partial charge is 0.326 e. The molecule has 3 unspecified atom stereocenters. The Bertz CT molecular complexity index is 469. The summed E-state index contributed by atoms with van der Waals surface area (Å²) in [5.74, 6) is -0.745. The topological polar surface area (TPSA) is 86.7 Å². The third-order valence-corrected chi connectivity index (χ3v) is 4.77. The van der Waals surface area contributed by atoms with Crippen LogP contribution in [0.4, 0.5) is 0 Å². The number of aliphatic carboxylic acids is 1. The Labute approximate surface area is 131 Å². The first-order valence-corrected chi connectivity index (χ1v) is 8.02. The van der Waals surface area contributed by atoms with Crippen molar-refractivity contribution in [2.45, 2.75) is 52.5 Å². The number of carboxylic acids is 1. The Kier molecular flexibility index (Phi) is 4.78. The van der Waals surface area contributed by atoms with Crippen LogP contribution in [0, 0.1) is 17.3 Å². The van der Waals surface area contributed by atoms with Crippen molar-refractivity contribution in [3.8, 4) is 0 Å². The van der Waals surface area contributed by atoms with Crippen LogP contribution in [0.25, 0.3) is 0 Å². The first kappa shape index (κ1) is 16.8. The molecule has 2 rings (SSSR count). The molecule has 1 saturated carbocycles. The van der Waals surface area contributed by atoms with Crippen molar-refractivity contribution in [2.24, 2.45) is 17.3 Å². The van der Waals surface area contributed by atoms with Gasteiger partial charge in [0.05, 0.1) is 0 Å². The minimum absolute atomic E-state index is 0.102. The lowest BCUT2D eigenvalue weighted by Crippen LogP contribution is -2.44. The molecule has 3 atom stereocenters. The summed E-state index contributed by atoms with van der Waals surface area (Å²) in [6.45, 7) is 6.24. The van der Waals surface area contributed by atoms with Gasteiger partial charge in [0.15, 0.2) is 0 Å². The summed E-state index contributed by atoms with van der Waals surface area (Å²) in [7, 11) is 0. The number of likely N-dealkylation sites (tertiary alicyclic amines) is 1. The zero-order valence-corrected chi connectivity index (χ0v) is 13.6. The molecule has 124 valence electrons. The van der Waals surface area contributed by atoms with Crippen molar-refractivity contribution >= 4 is 17.8 Å². The fraction of sp³-hybridized carbons (Fsp3) is 0.812. The van der Waals surface area contributed by atoms with E-state index in [1.54, 1.807) is 0 Å². The number of fused-ring (bicyclic) bond motifs is 1. The number of carbonyl (C=O) groups is 3. The predicted octanol–water partition coefficient (Wildman–Crippen LogP) is 1.25. The largest absolute Gasteiger partial charge is 0.480 e. The summed E-state index contributed by atoms with van der Waals surface area (Å²) < 4.78 is 0. The van der Waals surface area contributed by atoms with Crippen LogP contribution in [0.5, 0.6) is 0 Å². The van der Waals surface area contributed by atoms with Gasteiger partial charge in [-0.3, -0.25) is 9.59 Å². The van der Waals surface area contributed by atoms with Gasteiger partial charge < -0.3 is 15.3 Å². The second-order valence-electron chi connectivity index (χ2n) is 7.44. The molecule has 6 heteroatoms. The van der Waals surface area contributed by atoms with E-state index in [1.807, 2.05) is 20.8 Å². The highest BCUT2D eigenvalue weighted by Crippen LogP contribution is 2.42. The summed E-state index contributed by atoms with van der Waals surface area (Å²) in [6, 6.07) is -0.682. The highest BCUT2D eigenvalue weighted by molar-refractivity contribution is 5.86. The van der Waals surface area contributed by atoms with E-state index < -0.39 is 17.4 Å². The highest BCUT2D eigenvalue weighted by atomic mass is 16.4. The van der Waals surface area contributed by atoms with Gasteiger partial charge in [-0.25, -0.2) is 4.79 Å². The molecule has 1 saturated heterocycles. The van der Waals surface area contributed by atoms with E-state index in [0.29, 0.717) is 12.5 Å². The molecule has 1 aliphatic heterocycles. The summed E-state index contributed by atoms with van der Waals surface area (Å²) in [6.07, 6.45) is 3.12. The minimum atomic E-state index is -0.901. The van der Waals surface area contributed by atoms with Crippen LogP contribution < -0.4 is 5.32 Å². The first-order valence-electron chi connectivity index (χ1n) is 8.02. The molecule has 6 nitrogen and oxygen atoms in total. The van der Waals surface area contributed by atoms with Crippen molar-refractivity contribution in [1.82, 2.24) is 10.2 Å². The van der Waals surface area contributed by atoms with Crippen LogP contribution in [-0.2, 0) is 14.4 Å². The molecule has 1 aliphatic carbocycles. The maximum Gasteiger partial charge on any atom is 0.326 e. The molecular weight excluding hydrogens is 284 g/mol. The van der Waals surface area contributed by atoms with Crippen molar-refractivity contribution in [2.75, 3.05) is 13.1 Å². The van der Waals surface area contributed by atoms with Gasteiger partial charge in [-0.2, -0.15) is 0 Å². The standard InChI is InChI=1S/C16H26N2O4/c1-16(2,3)15(22)17-8-7-12(19)18-9-10-5-4-6-11(10)13(18)14(20)21/h10-11,13H,4-9H2,1-3H3,(H,17,22)(H,20,21). The van der Waals surface area contributed by atoms with Crippen molar-refractivity contribution < 1.29 is 19.5 Å². The molecule has 2 fully saturated rings. The van der Waals surface area contributed by atoms with Crippen LogP contribution in [0.3, 0.4) is 0 Å². The Balaban J connectivity index is 1.89. The Morgan fingerprint density at radius 3 is 2.50 bits per heavy atom. The molecule has 2 N–H and O–H groups in total. The van der Waals surface area contributed by atoms with E-state index >= 15 is 0 Å². The molecule has 0 aromatic carbocycles. The summed E-state index contributed by atoms with van der Waals surface area (Å²) >= 11 is 0. The lowest BCUT2D eigenvalue weighted by atomic mass is 9.94. The number of carbonyl (C=O) groups excluding carboxylic acids is 2. The quantitative estimate of drug-likeness (QED) is 0.818. The van der Waals surface area contributed by atoms with Gasteiger partial charge >= 0.3 is 5.97 Å². The summed E-state index contributed by atoms with van der Waals surface area (Å²) in [5, 5.41) is 12.2. The number of carboxylic acid groups (broad SMARTS) is 1. The highest BCUT2D eigenvalue weighted by Gasteiger charge is 2.49. The molecule has 0 aromatic rings. The third-order valence-electron chi connectivity index (χ3n) is 4.77. The number of amides is 2. The fourth-order valence-corrected chi connectivity index (χ4v) is 3.57. The van der Waals surface area contributed by atoms with E-state index in [9.17, 15) is 19.5 Å². The van der Waals surface area contributed by atoms with Gasteiger partial charge in [-0.05, 0) is 24.7 Å². The van der Waals surface area contributed by atoms with Gasteiger partial charge in [-0.15, -0.1) is 0 Å². The van der Waals surface area contributed by atoms with Crippen LogP contribution in [0.2, 0.25) is 0 Å². The number of hydrogen-bond donors (Lipinski definition) is 2. The van der Waals surface area contributed by atoms with Gasteiger partial charge in [0.2, 0.25) is 11.8 Å². The lowest BCUT2D eigenvalue weighted by molar-refractivity contribution is -0.149. The second kappa shape index (κ2) is 6.26. The average Bonchev–Trinajstić information content (AvgIpc) is 2.96. The van der Waals surface area contributed by atoms with Gasteiger partial charge in [0, 0.05) is 24.9 Å². The average molecular weight is 310 g/mol. The maximum atomic E-state index is 12.3. The Morgan fingerprint density at radius 2 is 1.91 bits per heavy atom. The van der Waals surface area contributed by atoms with E-state index in [1.165, 1.54) is 4.90 Å². The molecule has 0 spiro atoms. The third kappa shape index (κ3) is 3.42. The maximum absolute atomic E-state index is 12.3. The molecule has 22 heavy (non-hydrogen) atoms.